The van der Waals surface area contributed by atoms with E-state index in [9.17, 15) is 9.59 Å². The molecular formula is C15H17N3O2. The summed E-state index contributed by atoms with van der Waals surface area (Å²) in [7, 11) is 0. The minimum atomic E-state index is -0.329. The highest BCUT2D eigenvalue weighted by atomic mass is 16.2. The Morgan fingerprint density at radius 2 is 1.95 bits per heavy atom. The fourth-order valence-corrected chi connectivity index (χ4v) is 2.56. The highest BCUT2D eigenvalue weighted by Gasteiger charge is 2.22. The zero-order chi connectivity index (χ0) is 13.9. The first-order valence-corrected chi connectivity index (χ1v) is 6.87. The summed E-state index contributed by atoms with van der Waals surface area (Å²) in [5.74, 6) is -0.553. The molecule has 0 radical (unpaired) electrons. The van der Waals surface area contributed by atoms with Crippen molar-refractivity contribution in [3.05, 3.63) is 36.0 Å². The SMILES string of the molecule is O=C(NC(=O)C1CCNCC1)c1ccc2cc[nH]c2c1. The third kappa shape index (κ3) is 2.58. The van der Waals surface area contributed by atoms with Crippen LogP contribution in [0.15, 0.2) is 30.5 Å². The molecule has 0 spiro atoms. The van der Waals surface area contributed by atoms with Crippen LogP contribution in [-0.4, -0.2) is 29.9 Å². The molecule has 2 heterocycles. The number of aromatic amines is 1. The minimum Gasteiger partial charge on any atom is -0.361 e. The summed E-state index contributed by atoms with van der Waals surface area (Å²) in [6.07, 6.45) is 3.40. The average Bonchev–Trinajstić information content (AvgIpc) is 2.95. The molecule has 5 heteroatoms. The van der Waals surface area contributed by atoms with E-state index in [0.29, 0.717) is 5.56 Å². The Bertz CT molecular complexity index is 641. The van der Waals surface area contributed by atoms with Crippen molar-refractivity contribution in [1.82, 2.24) is 15.6 Å². The molecule has 3 N–H and O–H groups in total. The number of aromatic nitrogens is 1. The second kappa shape index (κ2) is 5.46. The number of H-pyrrole nitrogens is 1. The molecule has 0 unspecified atom stereocenters. The van der Waals surface area contributed by atoms with Crippen molar-refractivity contribution < 1.29 is 9.59 Å². The molecule has 0 aliphatic carbocycles. The highest BCUT2D eigenvalue weighted by Crippen LogP contribution is 2.15. The zero-order valence-electron chi connectivity index (χ0n) is 11.1. The first-order valence-electron chi connectivity index (χ1n) is 6.87. The predicted molar refractivity (Wildman–Crippen MR) is 76.4 cm³/mol. The lowest BCUT2D eigenvalue weighted by Crippen LogP contribution is -2.40. The maximum Gasteiger partial charge on any atom is 0.257 e. The Kier molecular flexibility index (Phi) is 3.52. The molecule has 1 fully saturated rings. The van der Waals surface area contributed by atoms with E-state index in [2.05, 4.69) is 15.6 Å². The molecule has 1 aromatic carbocycles. The van der Waals surface area contributed by atoms with Gasteiger partial charge in [-0.1, -0.05) is 6.07 Å². The molecule has 1 aromatic heterocycles. The van der Waals surface area contributed by atoms with E-state index < -0.39 is 0 Å². The van der Waals surface area contributed by atoms with Crippen LogP contribution in [0.25, 0.3) is 10.9 Å². The molecule has 5 nitrogen and oxygen atoms in total. The molecule has 1 aliphatic rings. The Labute approximate surface area is 116 Å². The number of benzene rings is 1. The number of nitrogens with one attached hydrogen (secondary N) is 3. The smallest absolute Gasteiger partial charge is 0.257 e. The first-order chi connectivity index (χ1) is 9.74. The number of fused-ring (bicyclic) bond motifs is 1. The normalized spacial score (nSPS) is 16.2. The van der Waals surface area contributed by atoms with Crippen LogP contribution in [0.1, 0.15) is 23.2 Å². The number of hydrogen-bond donors (Lipinski definition) is 3. The van der Waals surface area contributed by atoms with Gasteiger partial charge in [-0.25, -0.2) is 0 Å². The van der Waals surface area contributed by atoms with E-state index in [4.69, 9.17) is 0 Å². The van der Waals surface area contributed by atoms with Crippen molar-refractivity contribution in [3.63, 3.8) is 0 Å². The van der Waals surface area contributed by atoms with Crippen LogP contribution in [0.2, 0.25) is 0 Å². The molecule has 0 bridgehead atoms. The molecule has 0 atom stereocenters. The molecule has 1 aliphatic heterocycles. The van der Waals surface area contributed by atoms with Crippen LogP contribution in [-0.2, 0) is 4.79 Å². The summed E-state index contributed by atoms with van der Waals surface area (Å²) in [4.78, 5) is 27.2. The van der Waals surface area contributed by atoms with Crippen molar-refractivity contribution in [2.75, 3.05) is 13.1 Å². The van der Waals surface area contributed by atoms with Crippen LogP contribution in [0.5, 0.6) is 0 Å². The molecular weight excluding hydrogens is 254 g/mol. The summed E-state index contributed by atoms with van der Waals surface area (Å²) in [5, 5.41) is 6.75. The van der Waals surface area contributed by atoms with Crippen molar-refractivity contribution in [3.8, 4) is 0 Å². The van der Waals surface area contributed by atoms with Crippen LogP contribution in [0, 0.1) is 5.92 Å². The Hall–Kier alpha value is -2.14. The molecule has 104 valence electrons. The maximum atomic E-state index is 12.1. The lowest BCUT2D eigenvalue weighted by Gasteiger charge is -2.21. The summed E-state index contributed by atoms with van der Waals surface area (Å²) in [6.45, 7) is 1.67. The van der Waals surface area contributed by atoms with Gasteiger partial charge in [0.15, 0.2) is 0 Å². The molecule has 2 aromatic rings. The van der Waals surface area contributed by atoms with Gasteiger partial charge in [0.1, 0.15) is 0 Å². The van der Waals surface area contributed by atoms with E-state index in [-0.39, 0.29) is 17.7 Å². The second-order valence-corrected chi connectivity index (χ2v) is 5.12. The van der Waals surface area contributed by atoms with Crippen molar-refractivity contribution in [1.29, 1.82) is 0 Å². The number of imide groups is 1. The summed E-state index contributed by atoms with van der Waals surface area (Å²) < 4.78 is 0. The molecule has 0 saturated carbocycles. The van der Waals surface area contributed by atoms with Crippen molar-refractivity contribution >= 4 is 22.7 Å². The van der Waals surface area contributed by atoms with Crippen LogP contribution >= 0.6 is 0 Å². The number of piperidine rings is 1. The maximum absolute atomic E-state index is 12.1. The van der Waals surface area contributed by atoms with Gasteiger partial charge in [0, 0.05) is 23.2 Å². The Balaban J connectivity index is 1.70. The van der Waals surface area contributed by atoms with Crippen molar-refractivity contribution in [2.45, 2.75) is 12.8 Å². The number of hydrogen-bond acceptors (Lipinski definition) is 3. The standard InChI is InChI=1S/C15H17N3O2/c19-14(11-3-6-16-7-4-11)18-15(20)12-2-1-10-5-8-17-13(10)9-12/h1-2,5,8-9,11,16-17H,3-4,6-7H2,(H,18,19,20). The highest BCUT2D eigenvalue weighted by molar-refractivity contribution is 6.06. The molecule has 3 rings (SSSR count). The Morgan fingerprint density at radius 1 is 1.15 bits per heavy atom. The molecule has 2 amide bonds. The van der Waals surface area contributed by atoms with E-state index in [0.717, 1.165) is 36.8 Å². The van der Waals surface area contributed by atoms with Crippen LogP contribution < -0.4 is 10.6 Å². The minimum absolute atomic E-state index is 0.0607. The van der Waals surface area contributed by atoms with Gasteiger partial charge in [0.25, 0.3) is 5.91 Å². The van der Waals surface area contributed by atoms with E-state index in [1.54, 1.807) is 12.1 Å². The van der Waals surface area contributed by atoms with Crippen LogP contribution in [0.4, 0.5) is 0 Å². The van der Waals surface area contributed by atoms with E-state index >= 15 is 0 Å². The largest absolute Gasteiger partial charge is 0.361 e. The fraction of sp³-hybridized carbons (Fsp3) is 0.333. The van der Waals surface area contributed by atoms with Gasteiger partial charge < -0.3 is 10.3 Å². The topological polar surface area (TPSA) is 74.0 Å². The predicted octanol–water partition coefficient (Wildman–Crippen LogP) is 1.42. The summed E-state index contributed by atoms with van der Waals surface area (Å²) >= 11 is 0. The Morgan fingerprint density at radius 3 is 2.75 bits per heavy atom. The number of amides is 2. The van der Waals surface area contributed by atoms with Gasteiger partial charge in [0.05, 0.1) is 0 Å². The molecule has 20 heavy (non-hydrogen) atoms. The van der Waals surface area contributed by atoms with Gasteiger partial charge in [-0.05, 0) is 49.5 Å². The van der Waals surface area contributed by atoms with E-state index in [1.807, 2.05) is 18.3 Å². The van der Waals surface area contributed by atoms with Crippen LogP contribution in [0.3, 0.4) is 0 Å². The third-order valence-corrected chi connectivity index (χ3v) is 3.76. The van der Waals surface area contributed by atoms with Crippen molar-refractivity contribution in [2.24, 2.45) is 5.92 Å². The quantitative estimate of drug-likeness (QED) is 0.723. The van der Waals surface area contributed by atoms with Gasteiger partial charge in [0.2, 0.25) is 5.91 Å². The van der Waals surface area contributed by atoms with Gasteiger partial charge in [-0.3, -0.25) is 14.9 Å². The summed E-state index contributed by atoms with van der Waals surface area (Å²) in [5.41, 5.74) is 1.40. The first kappa shape index (κ1) is 12.9. The van der Waals surface area contributed by atoms with Gasteiger partial charge in [-0.15, -0.1) is 0 Å². The van der Waals surface area contributed by atoms with Gasteiger partial charge >= 0.3 is 0 Å². The van der Waals surface area contributed by atoms with E-state index in [1.165, 1.54) is 0 Å². The monoisotopic (exact) mass is 271 g/mol. The third-order valence-electron chi connectivity index (χ3n) is 3.76. The second-order valence-electron chi connectivity index (χ2n) is 5.12. The molecule has 1 saturated heterocycles. The van der Waals surface area contributed by atoms with Gasteiger partial charge in [-0.2, -0.15) is 0 Å². The number of carbonyl (C=O) groups is 2. The fourth-order valence-electron chi connectivity index (χ4n) is 2.56. The summed E-state index contributed by atoms with van der Waals surface area (Å²) in [6, 6.07) is 7.31. The number of rotatable bonds is 2. The number of carbonyl (C=O) groups excluding carboxylic acids is 2. The lowest BCUT2D eigenvalue weighted by atomic mass is 9.97. The lowest BCUT2D eigenvalue weighted by molar-refractivity contribution is -0.124. The zero-order valence-corrected chi connectivity index (χ0v) is 11.1. The average molecular weight is 271 g/mol.